The van der Waals surface area contributed by atoms with E-state index in [1.807, 2.05) is 0 Å². The van der Waals surface area contributed by atoms with Gasteiger partial charge in [0.05, 0.1) is 15.0 Å². The quantitative estimate of drug-likeness (QED) is 0.522. The Morgan fingerprint density at radius 3 is 2.33 bits per heavy atom. The zero-order valence-corrected chi connectivity index (χ0v) is 7.39. The second-order valence-electron chi connectivity index (χ2n) is 2.15. The van der Waals surface area contributed by atoms with Crippen molar-refractivity contribution in [1.82, 2.24) is 0 Å². The molecule has 0 N–H and O–H groups in total. The Balaban J connectivity index is 3.33. The summed E-state index contributed by atoms with van der Waals surface area (Å²) in [5.74, 6) is 0. The second kappa shape index (κ2) is 3.29. The lowest BCUT2D eigenvalue weighted by molar-refractivity contribution is -0.385. The van der Waals surface area contributed by atoms with Crippen molar-refractivity contribution >= 4 is 28.9 Å². The average molecular weight is 205 g/mol. The summed E-state index contributed by atoms with van der Waals surface area (Å²) in [6, 6.07) is 2.55. The van der Waals surface area contributed by atoms with E-state index in [9.17, 15) is 10.1 Å². The van der Waals surface area contributed by atoms with Gasteiger partial charge in [0.2, 0.25) is 0 Å². The third-order valence-corrected chi connectivity index (χ3v) is 2.04. The lowest BCUT2D eigenvalue weighted by Crippen LogP contribution is -1.91. The predicted octanol–water partition coefficient (Wildman–Crippen LogP) is 3.08. The Hall–Kier alpha value is -0.800. The van der Waals surface area contributed by atoms with Gasteiger partial charge in [-0.05, 0) is 13.0 Å². The molecule has 0 saturated heterocycles. The smallest absolute Gasteiger partial charge is 0.258 e. The highest BCUT2D eigenvalue weighted by molar-refractivity contribution is 6.42. The molecule has 0 spiro atoms. The van der Waals surface area contributed by atoms with E-state index in [0.717, 1.165) is 0 Å². The van der Waals surface area contributed by atoms with E-state index < -0.39 is 4.92 Å². The number of benzene rings is 1. The first-order valence-corrected chi connectivity index (χ1v) is 3.73. The Labute approximate surface area is 79.1 Å². The van der Waals surface area contributed by atoms with Crippen LogP contribution in [-0.2, 0) is 0 Å². The number of nitrogens with zero attached hydrogens (tertiary/aromatic N) is 1. The molecule has 63 valence electrons. The summed E-state index contributed by atoms with van der Waals surface area (Å²) in [7, 11) is 0. The fraction of sp³-hybridized carbons (Fsp3) is 0. The fourth-order valence-electron chi connectivity index (χ4n) is 0.747. The van der Waals surface area contributed by atoms with Crippen LogP contribution in [0.2, 0.25) is 10.0 Å². The van der Waals surface area contributed by atoms with Crippen LogP contribution in [0.15, 0.2) is 12.1 Å². The molecule has 5 heteroatoms. The van der Waals surface area contributed by atoms with Crippen LogP contribution in [0.5, 0.6) is 0 Å². The number of nitro benzene ring substituents is 1. The zero-order chi connectivity index (χ0) is 9.30. The molecule has 0 aliphatic heterocycles. The van der Waals surface area contributed by atoms with Gasteiger partial charge in [0, 0.05) is 11.6 Å². The molecule has 3 nitrogen and oxygen atoms in total. The third kappa shape index (κ3) is 1.68. The molecule has 0 aromatic heterocycles. The van der Waals surface area contributed by atoms with Crippen LogP contribution in [0.25, 0.3) is 0 Å². The lowest BCUT2D eigenvalue weighted by atomic mass is 10.2. The standard InChI is InChI=1S/C7H4Cl2NO2/c1-4-2-5(8)6(9)3-7(4)10(11)12/h2-3H,1H2. The van der Waals surface area contributed by atoms with Crippen molar-refractivity contribution in [3.05, 3.63) is 44.8 Å². The van der Waals surface area contributed by atoms with E-state index >= 15 is 0 Å². The highest BCUT2D eigenvalue weighted by Crippen LogP contribution is 2.29. The molecule has 1 radical (unpaired) electrons. The third-order valence-electron chi connectivity index (χ3n) is 1.32. The summed E-state index contributed by atoms with van der Waals surface area (Å²) in [5.41, 5.74) is 0.138. The predicted molar refractivity (Wildman–Crippen MR) is 47.6 cm³/mol. The van der Waals surface area contributed by atoms with Gasteiger partial charge >= 0.3 is 0 Å². The highest BCUT2D eigenvalue weighted by Gasteiger charge is 2.12. The van der Waals surface area contributed by atoms with Gasteiger partial charge in [0.25, 0.3) is 5.69 Å². The molecule has 0 aliphatic rings. The minimum Gasteiger partial charge on any atom is -0.258 e. The molecule has 0 bridgehead atoms. The van der Waals surface area contributed by atoms with Crippen LogP contribution in [-0.4, -0.2) is 4.92 Å². The van der Waals surface area contributed by atoms with E-state index in [1.54, 1.807) is 0 Å². The molecule has 0 fully saturated rings. The van der Waals surface area contributed by atoms with Crippen LogP contribution in [0.1, 0.15) is 5.56 Å². The monoisotopic (exact) mass is 204 g/mol. The van der Waals surface area contributed by atoms with Gasteiger partial charge in [0.15, 0.2) is 0 Å². The van der Waals surface area contributed by atoms with Crippen LogP contribution in [0.3, 0.4) is 0 Å². The normalized spacial score (nSPS) is 9.92. The highest BCUT2D eigenvalue weighted by atomic mass is 35.5. The van der Waals surface area contributed by atoms with Gasteiger partial charge in [-0.15, -0.1) is 0 Å². The van der Waals surface area contributed by atoms with Crippen LogP contribution in [0.4, 0.5) is 5.69 Å². The molecule has 1 rings (SSSR count). The second-order valence-corrected chi connectivity index (χ2v) is 2.97. The van der Waals surface area contributed by atoms with Crippen molar-refractivity contribution in [2.75, 3.05) is 0 Å². The zero-order valence-electron chi connectivity index (χ0n) is 5.88. The largest absolute Gasteiger partial charge is 0.274 e. The van der Waals surface area contributed by atoms with Crippen molar-refractivity contribution in [2.45, 2.75) is 0 Å². The van der Waals surface area contributed by atoms with Crippen molar-refractivity contribution in [1.29, 1.82) is 0 Å². The summed E-state index contributed by atoms with van der Waals surface area (Å²) in [6.45, 7) is 3.46. The van der Waals surface area contributed by atoms with Crippen LogP contribution >= 0.6 is 23.2 Å². The van der Waals surface area contributed by atoms with Gasteiger partial charge in [-0.25, -0.2) is 0 Å². The maximum absolute atomic E-state index is 10.3. The van der Waals surface area contributed by atoms with Crippen molar-refractivity contribution in [2.24, 2.45) is 0 Å². The Kier molecular flexibility index (Phi) is 2.55. The van der Waals surface area contributed by atoms with Gasteiger partial charge < -0.3 is 0 Å². The SMILES string of the molecule is [CH2]c1cc(Cl)c(Cl)cc1[N+](=O)[O-]. The maximum atomic E-state index is 10.3. The molecule has 1 aromatic rings. The molecule has 1 aromatic carbocycles. The van der Waals surface area contributed by atoms with Crippen LogP contribution in [0, 0.1) is 17.0 Å². The van der Waals surface area contributed by atoms with Gasteiger partial charge in [0.1, 0.15) is 0 Å². The van der Waals surface area contributed by atoms with E-state index in [1.165, 1.54) is 12.1 Å². The minimum atomic E-state index is -0.551. The van der Waals surface area contributed by atoms with Gasteiger partial charge in [-0.3, -0.25) is 10.1 Å². The molecule has 0 heterocycles. The summed E-state index contributed by atoms with van der Waals surface area (Å²) >= 11 is 11.2. The first-order valence-electron chi connectivity index (χ1n) is 2.97. The minimum absolute atomic E-state index is 0.121. The Morgan fingerprint density at radius 1 is 1.33 bits per heavy atom. The van der Waals surface area contributed by atoms with E-state index in [4.69, 9.17) is 23.2 Å². The Bertz CT molecular complexity index is 338. The molecular formula is C7H4Cl2NO2. The number of halogens is 2. The molecule has 0 saturated carbocycles. The summed E-state index contributed by atoms with van der Waals surface area (Å²) in [5, 5.41) is 10.8. The van der Waals surface area contributed by atoms with Gasteiger partial charge in [-0.1, -0.05) is 23.2 Å². The van der Waals surface area contributed by atoms with Crippen molar-refractivity contribution < 1.29 is 4.92 Å². The molecular weight excluding hydrogens is 201 g/mol. The van der Waals surface area contributed by atoms with E-state index in [-0.39, 0.29) is 21.3 Å². The molecule has 0 amide bonds. The Morgan fingerprint density at radius 2 is 1.83 bits per heavy atom. The topological polar surface area (TPSA) is 43.1 Å². The number of hydrogen-bond acceptors (Lipinski definition) is 2. The van der Waals surface area contributed by atoms with E-state index in [0.29, 0.717) is 0 Å². The van der Waals surface area contributed by atoms with Crippen molar-refractivity contribution in [3.63, 3.8) is 0 Å². The first kappa shape index (κ1) is 9.29. The number of rotatable bonds is 1. The van der Waals surface area contributed by atoms with Crippen molar-refractivity contribution in [3.8, 4) is 0 Å². The van der Waals surface area contributed by atoms with Gasteiger partial charge in [-0.2, -0.15) is 0 Å². The summed E-state index contributed by atoms with van der Waals surface area (Å²) in [6.07, 6.45) is 0. The molecule has 12 heavy (non-hydrogen) atoms. The number of hydrogen-bond donors (Lipinski definition) is 0. The van der Waals surface area contributed by atoms with Crippen LogP contribution < -0.4 is 0 Å². The lowest BCUT2D eigenvalue weighted by Gasteiger charge is -1.98. The molecule has 0 atom stereocenters. The fourth-order valence-corrected chi connectivity index (χ4v) is 1.09. The number of nitro groups is 1. The average Bonchev–Trinajstić information content (AvgIpc) is 1.96. The molecule has 0 unspecified atom stereocenters. The molecule has 0 aliphatic carbocycles. The first-order chi connectivity index (χ1) is 5.52. The summed E-state index contributed by atoms with van der Waals surface area (Å²) < 4.78 is 0. The van der Waals surface area contributed by atoms with E-state index in [2.05, 4.69) is 6.92 Å². The maximum Gasteiger partial charge on any atom is 0.274 e. The summed E-state index contributed by atoms with van der Waals surface area (Å²) in [4.78, 5) is 9.80.